The lowest BCUT2D eigenvalue weighted by Gasteiger charge is -2.27. The first-order valence-corrected chi connectivity index (χ1v) is 7.78. The quantitative estimate of drug-likeness (QED) is 0.866. The molecule has 0 saturated carbocycles. The lowest BCUT2D eigenvalue weighted by molar-refractivity contribution is -0.137. The van der Waals surface area contributed by atoms with Crippen molar-refractivity contribution < 1.29 is 23.0 Å². The molecule has 0 aromatic heterocycles. The number of rotatable bonds is 3. The molecule has 0 spiro atoms. The Labute approximate surface area is 133 Å². The molecule has 2 heterocycles. The van der Waals surface area contributed by atoms with Gasteiger partial charge in [-0.1, -0.05) is 18.2 Å². The van der Waals surface area contributed by atoms with E-state index in [4.69, 9.17) is 4.74 Å². The Balaban J connectivity index is 1.80. The highest BCUT2D eigenvalue weighted by Crippen LogP contribution is 2.36. The van der Waals surface area contributed by atoms with Crippen LogP contribution in [0.25, 0.3) is 0 Å². The number of benzene rings is 1. The Hall–Kier alpha value is -1.37. The molecule has 2 atom stereocenters. The van der Waals surface area contributed by atoms with Gasteiger partial charge in [-0.3, -0.25) is 4.90 Å². The van der Waals surface area contributed by atoms with Gasteiger partial charge in [-0.05, 0) is 36.1 Å². The van der Waals surface area contributed by atoms with Gasteiger partial charge in [0.15, 0.2) is 0 Å². The van der Waals surface area contributed by atoms with Crippen molar-refractivity contribution in [2.45, 2.75) is 31.2 Å². The second-order valence-electron chi connectivity index (χ2n) is 6.16. The number of ether oxygens (including phenoxy) is 1. The van der Waals surface area contributed by atoms with Gasteiger partial charge in [0.05, 0.1) is 24.9 Å². The first-order valence-electron chi connectivity index (χ1n) is 7.78. The molecule has 0 amide bonds. The highest BCUT2D eigenvalue weighted by molar-refractivity contribution is 5.29. The van der Waals surface area contributed by atoms with E-state index in [1.54, 1.807) is 6.07 Å². The van der Waals surface area contributed by atoms with E-state index in [0.717, 1.165) is 18.1 Å². The zero-order valence-electron chi connectivity index (χ0n) is 12.7. The van der Waals surface area contributed by atoms with Crippen molar-refractivity contribution in [2.24, 2.45) is 0 Å². The van der Waals surface area contributed by atoms with E-state index in [2.05, 4.69) is 6.08 Å². The maximum absolute atomic E-state index is 12.9. The first-order chi connectivity index (χ1) is 10.9. The molecule has 126 valence electrons. The monoisotopic (exact) mass is 327 g/mol. The fraction of sp³-hybridized carbons (Fsp3) is 0.529. The van der Waals surface area contributed by atoms with E-state index in [1.165, 1.54) is 12.1 Å². The first kappa shape index (κ1) is 16.5. The van der Waals surface area contributed by atoms with Crippen LogP contribution in [0, 0.1) is 0 Å². The van der Waals surface area contributed by atoms with Crippen molar-refractivity contribution >= 4 is 0 Å². The molecular formula is C17H20F3NO2. The van der Waals surface area contributed by atoms with Crippen LogP contribution >= 0.6 is 0 Å². The molecule has 3 nitrogen and oxygen atoms in total. The van der Waals surface area contributed by atoms with Crippen LogP contribution < -0.4 is 0 Å². The third-order valence-electron chi connectivity index (χ3n) is 4.37. The molecule has 1 fully saturated rings. The fourth-order valence-electron chi connectivity index (χ4n) is 3.30. The van der Waals surface area contributed by atoms with Crippen molar-refractivity contribution in [3.05, 3.63) is 47.0 Å². The van der Waals surface area contributed by atoms with E-state index >= 15 is 0 Å². The molecule has 0 aliphatic carbocycles. The highest BCUT2D eigenvalue weighted by atomic mass is 19.4. The Morgan fingerprint density at radius 3 is 2.83 bits per heavy atom. The Morgan fingerprint density at radius 1 is 1.30 bits per heavy atom. The topological polar surface area (TPSA) is 32.7 Å². The van der Waals surface area contributed by atoms with E-state index < -0.39 is 17.8 Å². The summed E-state index contributed by atoms with van der Waals surface area (Å²) in [6.45, 7) is 2.36. The predicted octanol–water partition coefficient (Wildman–Crippen LogP) is 3.16. The molecule has 2 aliphatic rings. The van der Waals surface area contributed by atoms with Gasteiger partial charge in [-0.25, -0.2) is 0 Å². The summed E-state index contributed by atoms with van der Waals surface area (Å²) in [5.41, 5.74) is 1.09. The van der Waals surface area contributed by atoms with Gasteiger partial charge in [0.1, 0.15) is 0 Å². The molecule has 23 heavy (non-hydrogen) atoms. The van der Waals surface area contributed by atoms with E-state index in [9.17, 15) is 18.3 Å². The smallest absolute Gasteiger partial charge is 0.392 e. The number of aliphatic hydroxyl groups excluding tert-OH is 1. The number of alkyl halides is 3. The van der Waals surface area contributed by atoms with E-state index in [-0.39, 0.29) is 6.04 Å². The number of hydrogen-bond acceptors (Lipinski definition) is 3. The molecule has 1 aromatic carbocycles. The Bertz CT molecular complexity index is 585. The van der Waals surface area contributed by atoms with Crippen LogP contribution in [0.15, 0.2) is 35.9 Å². The van der Waals surface area contributed by atoms with Crippen molar-refractivity contribution in [3.63, 3.8) is 0 Å². The van der Waals surface area contributed by atoms with Crippen LogP contribution in [0.1, 0.15) is 30.0 Å². The summed E-state index contributed by atoms with van der Waals surface area (Å²) in [5, 5.41) is 9.98. The highest BCUT2D eigenvalue weighted by Gasteiger charge is 2.35. The zero-order chi connectivity index (χ0) is 16.4. The van der Waals surface area contributed by atoms with Crippen LogP contribution in [-0.2, 0) is 10.9 Å². The summed E-state index contributed by atoms with van der Waals surface area (Å²) in [7, 11) is 0. The summed E-state index contributed by atoms with van der Waals surface area (Å²) >= 11 is 0. The van der Waals surface area contributed by atoms with Crippen molar-refractivity contribution in [3.8, 4) is 0 Å². The van der Waals surface area contributed by atoms with Crippen LogP contribution in [0.3, 0.4) is 0 Å². The Kier molecular flexibility index (Phi) is 4.75. The molecule has 1 saturated heterocycles. The number of hydrogen-bond donors (Lipinski definition) is 1. The maximum Gasteiger partial charge on any atom is 0.416 e. The van der Waals surface area contributed by atoms with Crippen LogP contribution in [-0.4, -0.2) is 42.4 Å². The van der Waals surface area contributed by atoms with E-state index in [0.29, 0.717) is 38.3 Å². The van der Waals surface area contributed by atoms with Crippen molar-refractivity contribution in [1.82, 2.24) is 4.90 Å². The normalized spacial score (nSPS) is 26.3. The van der Waals surface area contributed by atoms with Crippen LogP contribution in [0.5, 0.6) is 0 Å². The number of likely N-dealkylation sites (tertiary alicyclic amines) is 1. The molecule has 1 aromatic rings. The van der Waals surface area contributed by atoms with Crippen molar-refractivity contribution in [1.29, 1.82) is 0 Å². The molecule has 0 radical (unpaired) electrons. The number of nitrogens with zero attached hydrogens (tertiary/aromatic N) is 1. The maximum atomic E-state index is 12.9. The van der Waals surface area contributed by atoms with Gasteiger partial charge in [0, 0.05) is 19.1 Å². The third kappa shape index (κ3) is 3.94. The lowest BCUT2D eigenvalue weighted by atomic mass is 10.0. The number of halogens is 3. The lowest BCUT2D eigenvalue weighted by Crippen LogP contribution is -2.29. The average Bonchev–Trinajstić information content (AvgIpc) is 2.88. The Morgan fingerprint density at radius 2 is 2.13 bits per heavy atom. The molecular weight excluding hydrogens is 307 g/mol. The average molecular weight is 327 g/mol. The van der Waals surface area contributed by atoms with Crippen LogP contribution in [0.2, 0.25) is 0 Å². The molecule has 3 rings (SSSR count). The van der Waals surface area contributed by atoms with E-state index in [1.807, 2.05) is 4.90 Å². The van der Waals surface area contributed by atoms with Gasteiger partial charge in [0.25, 0.3) is 0 Å². The molecule has 2 unspecified atom stereocenters. The zero-order valence-corrected chi connectivity index (χ0v) is 12.7. The summed E-state index contributed by atoms with van der Waals surface area (Å²) in [6, 6.07) is 5.22. The summed E-state index contributed by atoms with van der Waals surface area (Å²) in [6.07, 6.45) is -1.43. The third-order valence-corrected chi connectivity index (χ3v) is 4.37. The second-order valence-corrected chi connectivity index (χ2v) is 6.16. The predicted molar refractivity (Wildman–Crippen MR) is 79.9 cm³/mol. The SMILES string of the molecule is OC1CC(c2cccc(C(F)(F)F)c2)N(CC2=CCCOC2)C1. The molecule has 2 aliphatic heterocycles. The number of aliphatic hydroxyl groups is 1. The fourth-order valence-corrected chi connectivity index (χ4v) is 3.30. The van der Waals surface area contributed by atoms with Crippen LogP contribution in [0.4, 0.5) is 13.2 Å². The molecule has 0 bridgehead atoms. The summed E-state index contributed by atoms with van der Waals surface area (Å²) in [5.74, 6) is 0. The second kappa shape index (κ2) is 6.63. The minimum Gasteiger partial charge on any atom is -0.392 e. The largest absolute Gasteiger partial charge is 0.416 e. The van der Waals surface area contributed by atoms with Gasteiger partial charge in [-0.15, -0.1) is 0 Å². The standard InChI is InChI=1S/C17H20F3NO2/c18-17(19,20)14-5-1-4-13(7-14)16-8-15(22)10-21(16)9-12-3-2-6-23-11-12/h1,3-5,7,15-16,22H,2,6,8-11H2. The van der Waals surface area contributed by atoms with Crippen molar-refractivity contribution in [2.75, 3.05) is 26.3 Å². The summed E-state index contributed by atoms with van der Waals surface area (Å²) in [4.78, 5) is 2.04. The van der Waals surface area contributed by atoms with Gasteiger partial charge >= 0.3 is 6.18 Å². The van der Waals surface area contributed by atoms with Gasteiger partial charge in [0.2, 0.25) is 0 Å². The summed E-state index contributed by atoms with van der Waals surface area (Å²) < 4.78 is 44.2. The minimum atomic E-state index is -4.35. The minimum absolute atomic E-state index is 0.199. The van der Waals surface area contributed by atoms with Gasteiger partial charge < -0.3 is 9.84 Å². The molecule has 6 heteroatoms. The van der Waals surface area contributed by atoms with Gasteiger partial charge in [-0.2, -0.15) is 13.2 Å². The number of β-amino-alcohol motifs (C(OH)–C–C–N with tert-alkyl or cyclic N) is 1. The molecule has 1 N–H and O–H groups in total.